The maximum atomic E-state index is 12.3. The first-order valence-electron chi connectivity index (χ1n) is 15.1. The molecule has 0 bridgehead atoms. The number of ether oxygens (including phenoxy) is 1. The molecule has 0 saturated carbocycles. The van der Waals surface area contributed by atoms with Crippen molar-refractivity contribution >= 4 is 34.6 Å². The van der Waals surface area contributed by atoms with E-state index in [1.165, 1.54) is 17.6 Å². The number of aliphatic imine (C=N–C) groups is 1. The van der Waals surface area contributed by atoms with Crippen molar-refractivity contribution in [1.29, 1.82) is 0 Å². The standard InChI is InChI=1S/C28H35N5O.C4H10O.C3H8/c1-6-18(3)17-30-27-25(20(5)19(4)7-2)16-26(33-27)21-8-12-23(13-9-21)31-28(34)32-24-14-10-22(29)11-15-24;1-3-4-5-2;1-3-2/h8-17,19H,6-7,29H2,1-5H3,(H,30,33)(H2,31,32,34);3-4H2,1-2H3;3H2,1-2H3/b18-17?,25-20+;;. The number of amides is 2. The molecule has 230 valence electrons. The molecule has 1 unspecified atom stereocenters. The lowest BCUT2D eigenvalue weighted by Crippen LogP contribution is -2.19. The average molecular weight is 576 g/mol. The van der Waals surface area contributed by atoms with E-state index in [0.29, 0.717) is 23.0 Å². The topological polar surface area (TPSA) is 101 Å². The summed E-state index contributed by atoms with van der Waals surface area (Å²) in [6.45, 7) is 18.1. The number of benzene rings is 2. The van der Waals surface area contributed by atoms with Crippen LogP contribution in [0, 0.1) is 5.92 Å². The van der Waals surface area contributed by atoms with Crippen molar-refractivity contribution in [3.63, 3.8) is 0 Å². The first-order chi connectivity index (χ1) is 20.1. The Balaban J connectivity index is 0.000000978. The number of nitrogens with two attached hydrogens (primary N) is 1. The Morgan fingerprint density at radius 1 is 0.976 bits per heavy atom. The molecule has 0 radical (unpaired) electrons. The van der Waals surface area contributed by atoms with Gasteiger partial charge in [-0.1, -0.05) is 71.2 Å². The quantitative estimate of drug-likeness (QED) is 0.224. The summed E-state index contributed by atoms with van der Waals surface area (Å²) in [6, 6.07) is 14.5. The number of methoxy groups -OCH3 is 1. The van der Waals surface area contributed by atoms with Crippen LogP contribution in [0.15, 0.2) is 82.5 Å². The van der Waals surface area contributed by atoms with Crippen molar-refractivity contribution in [2.45, 2.75) is 81.1 Å². The van der Waals surface area contributed by atoms with Gasteiger partial charge < -0.3 is 26.4 Å². The summed E-state index contributed by atoms with van der Waals surface area (Å²) >= 11 is 0. The molecule has 3 rings (SSSR count). The summed E-state index contributed by atoms with van der Waals surface area (Å²) in [5.74, 6) is 1.35. The first kappa shape index (κ1) is 36.2. The van der Waals surface area contributed by atoms with Crippen LogP contribution in [0.3, 0.4) is 0 Å². The summed E-state index contributed by atoms with van der Waals surface area (Å²) in [6.07, 6.45) is 8.53. The van der Waals surface area contributed by atoms with Crippen LogP contribution in [0.5, 0.6) is 0 Å². The van der Waals surface area contributed by atoms with E-state index < -0.39 is 0 Å². The summed E-state index contributed by atoms with van der Waals surface area (Å²) in [5.41, 5.74) is 13.5. The SMILES string of the molecule is CCC.CCC(C)=CN=C1NC(c2ccc(NC(=O)Nc3ccc(N)cc3)cc2)=C/C1=C(/C)C(C)CC.CCCOC. The zero-order valence-corrected chi connectivity index (χ0v) is 27.2. The van der Waals surface area contributed by atoms with Crippen molar-refractivity contribution in [2.75, 3.05) is 30.1 Å². The fourth-order valence-electron chi connectivity index (χ4n) is 3.64. The van der Waals surface area contributed by atoms with Crippen molar-refractivity contribution in [3.05, 3.63) is 83.1 Å². The van der Waals surface area contributed by atoms with E-state index in [-0.39, 0.29) is 6.03 Å². The lowest BCUT2D eigenvalue weighted by Gasteiger charge is -2.12. The maximum absolute atomic E-state index is 12.3. The summed E-state index contributed by atoms with van der Waals surface area (Å²) in [4.78, 5) is 17.1. The zero-order valence-electron chi connectivity index (χ0n) is 27.2. The number of hydrogen-bond acceptors (Lipinski definition) is 4. The third-order valence-corrected chi connectivity index (χ3v) is 6.58. The van der Waals surface area contributed by atoms with E-state index in [1.807, 2.05) is 30.5 Å². The molecule has 0 fully saturated rings. The molecule has 2 amide bonds. The molecule has 42 heavy (non-hydrogen) atoms. The lowest BCUT2D eigenvalue weighted by atomic mass is 9.94. The van der Waals surface area contributed by atoms with Gasteiger partial charge in [-0.25, -0.2) is 9.79 Å². The van der Waals surface area contributed by atoms with Crippen LogP contribution in [-0.2, 0) is 4.74 Å². The van der Waals surface area contributed by atoms with Gasteiger partial charge >= 0.3 is 6.03 Å². The molecule has 7 nitrogen and oxygen atoms in total. The number of urea groups is 1. The van der Waals surface area contributed by atoms with Gasteiger partial charge in [-0.05, 0) is 87.1 Å². The molecule has 0 aromatic heterocycles. The van der Waals surface area contributed by atoms with Gasteiger partial charge in [0.1, 0.15) is 5.84 Å². The molecule has 2 aromatic carbocycles. The fraction of sp³-hybridized carbons (Fsp3) is 0.429. The minimum absolute atomic E-state index is 0.308. The minimum atomic E-state index is -0.308. The number of nitrogens with zero attached hydrogens (tertiary/aromatic N) is 1. The summed E-state index contributed by atoms with van der Waals surface area (Å²) in [7, 11) is 1.71. The van der Waals surface area contributed by atoms with Crippen LogP contribution in [0.25, 0.3) is 5.70 Å². The molecule has 0 saturated heterocycles. The molecule has 7 heteroatoms. The Labute approximate surface area is 254 Å². The Bertz CT molecular complexity index is 1210. The van der Waals surface area contributed by atoms with E-state index in [4.69, 9.17) is 15.5 Å². The van der Waals surface area contributed by atoms with Gasteiger partial charge in [-0.3, -0.25) is 0 Å². The van der Waals surface area contributed by atoms with Crippen molar-refractivity contribution in [1.82, 2.24) is 5.32 Å². The van der Waals surface area contributed by atoms with E-state index in [0.717, 1.165) is 48.5 Å². The molecule has 2 aromatic rings. The number of hydrogen-bond donors (Lipinski definition) is 4. The second kappa shape index (κ2) is 20.1. The van der Waals surface area contributed by atoms with Gasteiger partial charge in [-0.2, -0.15) is 0 Å². The second-order valence-corrected chi connectivity index (χ2v) is 10.4. The van der Waals surface area contributed by atoms with Crippen molar-refractivity contribution in [2.24, 2.45) is 10.9 Å². The number of allylic oxidation sites excluding steroid dienone is 2. The van der Waals surface area contributed by atoms with Crippen LogP contribution in [0.2, 0.25) is 0 Å². The number of carbonyl (C=O) groups is 1. The number of rotatable bonds is 9. The Morgan fingerprint density at radius 3 is 1.98 bits per heavy atom. The van der Waals surface area contributed by atoms with Crippen LogP contribution in [0.1, 0.15) is 86.6 Å². The predicted octanol–water partition coefficient (Wildman–Crippen LogP) is 9.39. The highest BCUT2D eigenvalue weighted by atomic mass is 16.5. The Hall–Kier alpha value is -3.84. The monoisotopic (exact) mass is 575 g/mol. The van der Waals surface area contributed by atoms with Crippen LogP contribution in [-0.4, -0.2) is 25.6 Å². The highest BCUT2D eigenvalue weighted by molar-refractivity contribution is 6.12. The summed E-state index contributed by atoms with van der Waals surface area (Å²) in [5, 5.41) is 9.15. The number of anilines is 3. The minimum Gasteiger partial charge on any atom is -0.399 e. The van der Waals surface area contributed by atoms with Gasteiger partial charge in [0.05, 0.1) is 0 Å². The molecule has 1 aliphatic heterocycles. The Kier molecular flexibility index (Phi) is 17.3. The van der Waals surface area contributed by atoms with Gasteiger partial charge in [0.25, 0.3) is 0 Å². The van der Waals surface area contributed by atoms with Crippen LogP contribution < -0.4 is 21.7 Å². The molecular formula is C35H53N5O2. The largest absolute Gasteiger partial charge is 0.399 e. The highest BCUT2D eigenvalue weighted by Gasteiger charge is 2.21. The number of nitrogens with one attached hydrogen (secondary N) is 3. The second-order valence-electron chi connectivity index (χ2n) is 10.4. The zero-order chi connectivity index (χ0) is 31.5. The van der Waals surface area contributed by atoms with E-state index in [9.17, 15) is 4.79 Å². The summed E-state index contributed by atoms with van der Waals surface area (Å²) < 4.78 is 4.69. The molecule has 1 atom stereocenters. The third kappa shape index (κ3) is 12.8. The van der Waals surface area contributed by atoms with Crippen LogP contribution in [0.4, 0.5) is 21.9 Å². The van der Waals surface area contributed by atoms with Crippen LogP contribution >= 0.6 is 0 Å². The number of nitrogen functional groups attached to an aromatic ring is 1. The lowest BCUT2D eigenvalue weighted by molar-refractivity contribution is 0.199. The maximum Gasteiger partial charge on any atom is 0.323 e. The molecule has 0 aliphatic carbocycles. The molecule has 1 aliphatic rings. The van der Waals surface area contributed by atoms with Gasteiger partial charge in [0.15, 0.2) is 0 Å². The van der Waals surface area contributed by atoms with Gasteiger partial charge in [0.2, 0.25) is 0 Å². The molecule has 0 spiro atoms. The Morgan fingerprint density at radius 2 is 1.52 bits per heavy atom. The molecule has 1 heterocycles. The van der Waals surface area contributed by atoms with Gasteiger partial charge in [-0.15, -0.1) is 0 Å². The number of amidine groups is 1. The van der Waals surface area contributed by atoms with E-state index in [1.54, 1.807) is 31.4 Å². The molecule has 5 N–H and O–H groups in total. The fourth-order valence-corrected chi connectivity index (χ4v) is 3.64. The van der Waals surface area contributed by atoms with E-state index >= 15 is 0 Å². The first-order valence-corrected chi connectivity index (χ1v) is 15.1. The van der Waals surface area contributed by atoms with E-state index in [2.05, 4.69) is 77.4 Å². The number of carbonyl (C=O) groups excluding carboxylic acids is 1. The third-order valence-electron chi connectivity index (χ3n) is 6.58. The van der Waals surface area contributed by atoms with Crippen molar-refractivity contribution in [3.8, 4) is 0 Å². The highest BCUT2D eigenvalue weighted by Crippen LogP contribution is 2.28. The molecular weight excluding hydrogens is 522 g/mol. The smallest absolute Gasteiger partial charge is 0.323 e. The normalized spacial score (nSPS) is 15.3. The van der Waals surface area contributed by atoms with Gasteiger partial charge in [0, 0.05) is 48.2 Å². The average Bonchev–Trinajstić information content (AvgIpc) is 3.42. The van der Waals surface area contributed by atoms with Crippen molar-refractivity contribution < 1.29 is 9.53 Å². The predicted molar refractivity (Wildman–Crippen MR) is 183 cm³/mol.